The Hall–Kier alpha value is -1.14. The number of unbranched alkanes of at least 4 members (excludes halogenated alkanes) is 1. The minimum absolute atomic E-state index is 0.169. The minimum Gasteiger partial charge on any atom is -0.444 e. The highest BCUT2D eigenvalue weighted by Crippen LogP contribution is 2.17. The first-order chi connectivity index (χ1) is 10.7. The molecule has 0 aromatic carbocycles. The number of nitrogens with zero attached hydrogens (tertiary/aromatic N) is 1. The van der Waals surface area contributed by atoms with Crippen molar-refractivity contribution in [1.82, 2.24) is 15.6 Å². The molecule has 23 heavy (non-hydrogen) atoms. The van der Waals surface area contributed by atoms with Crippen molar-refractivity contribution in [2.75, 3.05) is 6.54 Å². The molecule has 0 bridgehead atoms. The van der Waals surface area contributed by atoms with Gasteiger partial charge >= 0.3 is 6.09 Å². The fraction of sp³-hybridized carbons (Fsp3) is 0.765. The van der Waals surface area contributed by atoms with Gasteiger partial charge in [0.1, 0.15) is 5.60 Å². The van der Waals surface area contributed by atoms with E-state index in [4.69, 9.17) is 4.74 Å². The van der Waals surface area contributed by atoms with Crippen LogP contribution in [0.3, 0.4) is 0 Å². The number of nitrogens with one attached hydrogen (secondary N) is 2. The number of alkyl carbamates (subject to hydrolysis) is 1. The molecule has 0 spiro atoms. The molecule has 1 aromatic rings. The third-order valence-electron chi connectivity index (χ3n) is 3.36. The summed E-state index contributed by atoms with van der Waals surface area (Å²) in [5, 5.41) is 9.61. The van der Waals surface area contributed by atoms with E-state index < -0.39 is 5.60 Å². The maximum absolute atomic E-state index is 11.8. The predicted molar refractivity (Wildman–Crippen MR) is 96.0 cm³/mol. The topological polar surface area (TPSA) is 63.2 Å². The highest BCUT2D eigenvalue weighted by Gasteiger charge is 2.19. The molecule has 1 amide bonds. The first-order valence-corrected chi connectivity index (χ1v) is 9.24. The summed E-state index contributed by atoms with van der Waals surface area (Å²) in [6.45, 7) is 12.5. The number of rotatable bonds is 8. The standard InChI is InChI=1S/C17H31N3O2S/c1-7-8-9-14(10-18-16(21)22-17(4,5)6)19-12(2)15-11-23-13(3)20-15/h11-12,14,19H,7-10H2,1-6H3,(H,18,21). The van der Waals surface area contributed by atoms with E-state index in [1.54, 1.807) is 11.3 Å². The van der Waals surface area contributed by atoms with E-state index in [1.807, 2.05) is 27.7 Å². The molecule has 0 aliphatic carbocycles. The summed E-state index contributed by atoms with van der Waals surface area (Å²) in [5.41, 5.74) is 0.591. The number of thiazole rings is 1. The average Bonchev–Trinajstić information content (AvgIpc) is 2.86. The van der Waals surface area contributed by atoms with Crippen LogP contribution in [0.15, 0.2) is 5.38 Å². The third-order valence-corrected chi connectivity index (χ3v) is 4.16. The number of carbonyl (C=O) groups is 1. The molecule has 0 aliphatic rings. The molecule has 2 unspecified atom stereocenters. The summed E-state index contributed by atoms with van der Waals surface area (Å²) >= 11 is 1.66. The molecule has 0 radical (unpaired) electrons. The molecule has 1 aromatic heterocycles. The van der Waals surface area contributed by atoms with Crippen LogP contribution >= 0.6 is 11.3 Å². The molecule has 1 heterocycles. The molecule has 6 heteroatoms. The van der Waals surface area contributed by atoms with Gasteiger partial charge in [0.25, 0.3) is 0 Å². The van der Waals surface area contributed by atoms with Crippen LogP contribution in [-0.4, -0.2) is 29.3 Å². The van der Waals surface area contributed by atoms with Crippen molar-refractivity contribution < 1.29 is 9.53 Å². The predicted octanol–water partition coefficient (Wildman–Crippen LogP) is 4.19. The van der Waals surface area contributed by atoms with E-state index in [1.165, 1.54) is 0 Å². The van der Waals surface area contributed by atoms with Gasteiger partial charge in [0.15, 0.2) is 0 Å². The van der Waals surface area contributed by atoms with Crippen LogP contribution in [0.25, 0.3) is 0 Å². The zero-order chi connectivity index (χ0) is 17.5. The molecule has 0 saturated carbocycles. The second kappa shape index (κ2) is 9.23. The second-order valence-electron chi connectivity index (χ2n) is 6.90. The molecule has 5 nitrogen and oxygen atoms in total. The molecule has 0 saturated heterocycles. The molecule has 0 aliphatic heterocycles. The van der Waals surface area contributed by atoms with E-state index in [0.717, 1.165) is 30.0 Å². The smallest absolute Gasteiger partial charge is 0.407 e. The van der Waals surface area contributed by atoms with Gasteiger partial charge in [0.05, 0.1) is 10.7 Å². The minimum atomic E-state index is -0.470. The normalized spacial score (nSPS) is 14.3. The molecular weight excluding hydrogens is 310 g/mol. The molecule has 0 fully saturated rings. The van der Waals surface area contributed by atoms with Gasteiger partial charge in [-0.2, -0.15) is 0 Å². The monoisotopic (exact) mass is 341 g/mol. The zero-order valence-corrected chi connectivity index (χ0v) is 16.0. The first-order valence-electron chi connectivity index (χ1n) is 8.36. The largest absolute Gasteiger partial charge is 0.444 e. The number of aryl methyl sites for hydroxylation is 1. The second-order valence-corrected chi connectivity index (χ2v) is 7.96. The summed E-state index contributed by atoms with van der Waals surface area (Å²) in [6, 6.07) is 0.377. The summed E-state index contributed by atoms with van der Waals surface area (Å²) in [6.07, 6.45) is 2.91. The van der Waals surface area contributed by atoms with Gasteiger partial charge < -0.3 is 15.4 Å². The van der Waals surface area contributed by atoms with Crippen LogP contribution in [0.5, 0.6) is 0 Å². The van der Waals surface area contributed by atoms with E-state index in [0.29, 0.717) is 6.54 Å². The number of aromatic nitrogens is 1. The van der Waals surface area contributed by atoms with Crippen LogP contribution in [0.4, 0.5) is 4.79 Å². The molecule has 2 N–H and O–H groups in total. The number of ether oxygens (including phenoxy) is 1. The quantitative estimate of drug-likeness (QED) is 0.744. The molecule has 1 rings (SSSR count). The van der Waals surface area contributed by atoms with E-state index in [2.05, 4.69) is 34.8 Å². The van der Waals surface area contributed by atoms with Crippen molar-refractivity contribution >= 4 is 17.4 Å². The fourth-order valence-corrected chi connectivity index (χ4v) is 2.94. The Kier molecular flexibility index (Phi) is 7.99. The van der Waals surface area contributed by atoms with Crippen molar-refractivity contribution in [2.24, 2.45) is 0 Å². The highest BCUT2D eigenvalue weighted by molar-refractivity contribution is 7.09. The molecular formula is C17H31N3O2S. The number of amides is 1. The Morgan fingerprint density at radius 1 is 1.43 bits per heavy atom. The summed E-state index contributed by atoms with van der Waals surface area (Å²) in [7, 11) is 0. The first kappa shape index (κ1) is 19.9. The van der Waals surface area contributed by atoms with E-state index >= 15 is 0 Å². The van der Waals surface area contributed by atoms with Gasteiger partial charge in [0.2, 0.25) is 0 Å². The maximum atomic E-state index is 11.8. The van der Waals surface area contributed by atoms with Gasteiger partial charge in [-0.05, 0) is 41.0 Å². The van der Waals surface area contributed by atoms with Gasteiger partial charge in [-0.1, -0.05) is 19.8 Å². The summed E-state index contributed by atoms with van der Waals surface area (Å²) in [4.78, 5) is 16.4. The third kappa shape index (κ3) is 8.32. The molecule has 2 atom stereocenters. The number of carbonyl (C=O) groups excluding carboxylic acids is 1. The lowest BCUT2D eigenvalue weighted by Crippen LogP contribution is -2.43. The van der Waals surface area contributed by atoms with Crippen LogP contribution < -0.4 is 10.6 Å². The number of hydrogen-bond donors (Lipinski definition) is 2. The van der Waals surface area contributed by atoms with Crippen LogP contribution in [0.1, 0.15) is 70.6 Å². The van der Waals surface area contributed by atoms with Crippen LogP contribution in [0.2, 0.25) is 0 Å². The van der Waals surface area contributed by atoms with Crippen LogP contribution in [0, 0.1) is 6.92 Å². The maximum Gasteiger partial charge on any atom is 0.407 e. The van der Waals surface area contributed by atoms with Crippen molar-refractivity contribution in [3.63, 3.8) is 0 Å². The molecule has 132 valence electrons. The Morgan fingerprint density at radius 2 is 2.13 bits per heavy atom. The Balaban J connectivity index is 2.53. The highest BCUT2D eigenvalue weighted by atomic mass is 32.1. The Labute approximate surface area is 144 Å². The average molecular weight is 342 g/mol. The Bertz CT molecular complexity index is 482. The van der Waals surface area contributed by atoms with Gasteiger partial charge in [-0.15, -0.1) is 11.3 Å². The van der Waals surface area contributed by atoms with Crippen molar-refractivity contribution in [2.45, 2.75) is 78.5 Å². The summed E-state index contributed by atoms with van der Waals surface area (Å²) in [5.74, 6) is 0. The van der Waals surface area contributed by atoms with Crippen molar-refractivity contribution in [3.8, 4) is 0 Å². The van der Waals surface area contributed by atoms with Gasteiger partial charge in [-0.3, -0.25) is 0 Å². The Morgan fingerprint density at radius 3 is 2.65 bits per heavy atom. The zero-order valence-electron chi connectivity index (χ0n) is 15.2. The summed E-state index contributed by atoms with van der Waals surface area (Å²) < 4.78 is 5.30. The van der Waals surface area contributed by atoms with Crippen molar-refractivity contribution in [3.05, 3.63) is 16.1 Å². The lowest BCUT2D eigenvalue weighted by Gasteiger charge is -2.24. The van der Waals surface area contributed by atoms with E-state index in [-0.39, 0.29) is 18.2 Å². The van der Waals surface area contributed by atoms with Crippen molar-refractivity contribution in [1.29, 1.82) is 0 Å². The van der Waals surface area contributed by atoms with Crippen LogP contribution in [-0.2, 0) is 4.74 Å². The van der Waals surface area contributed by atoms with Gasteiger partial charge in [-0.25, -0.2) is 9.78 Å². The lowest BCUT2D eigenvalue weighted by molar-refractivity contribution is 0.0521. The number of hydrogen-bond acceptors (Lipinski definition) is 5. The van der Waals surface area contributed by atoms with Gasteiger partial charge in [0, 0.05) is 24.0 Å². The lowest BCUT2D eigenvalue weighted by atomic mass is 10.1. The SMILES string of the molecule is CCCCC(CNC(=O)OC(C)(C)C)NC(C)c1csc(C)n1. The fourth-order valence-electron chi connectivity index (χ4n) is 2.23. The van der Waals surface area contributed by atoms with E-state index in [9.17, 15) is 4.79 Å².